The first-order valence-electron chi connectivity index (χ1n) is 12.9. The predicted molar refractivity (Wildman–Crippen MR) is 141 cm³/mol. The van der Waals surface area contributed by atoms with E-state index in [4.69, 9.17) is 5.11 Å². The molecule has 0 saturated heterocycles. The summed E-state index contributed by atoms with van der Waals surface area (Å²) in [5.41, 5.74) is 3.48. The summed E-state index contributed by atoms with van der Waals surface area (Å²) in [5.74, 6) is 2.50. The maximum atomic E-state index is 9.66. The Morgan fingerprint density at radius 2 is 0.882 bits per heavy atom. The molecule has 3 N–H and O–H groups in total. The Morgan fingerprint density at radius 1 is 0.500 bits per heavy atom. The first kappa shape index (κ1) is 25.7. The second-order valence-corrected chi connectivity index (χ2v) is 9.62. The van der Waals surface area contributed by atoms with Crippen molar-refractivity contribution in [3.05, 3.63) is 89.5 Å². The van der Waals surface area contributed by atoms with E-state index in [1.54, 1.807) is 24.3 Å². The molecule has 2 saturated carbocycles. The lowest BCUT2D eigenvalue weighted by atomic mass is 9.84. The van der Waals surface area contributed by atoms with Crippen molar-refractivity contribution in [2.24, 2.45) is 0 Å². The largest absolute Gasteiger partial charge is 0.508 e. The quantitative estimate of drug-likeness (QED) is 0.359. The van der Waals surface area contributed by atoms with Gasteiger partial charge in [-0.05, 0) is 79.8 Å². The van der Waals surface area contributed by atoms with Gasteiger partial charge < -0.3 is 15.3 Å². The van der Waals surface area contributed by atoms with Crippen molar-refractivity contribution in [2.45, 2.75) is 83.0 Å². The van der Waals surface area contributed by atoms with Gasteiger partial charge in [-0.2, -0.15) is 0 Å². The number of benzene rings is 3. The van der Waals surface area contributed by atoms with E-state index in [1.165, 1.54) is 69.8 Å². The van der Waals surface area contributed by atoms with Crippen LogP contribution in [0.3, 0.4) is 0 Å². The van der Waals surface area contributed by atoms with E-state index in [2.05, 4.69) is 12.1 Å². The molecule has 5 rings (SSSR count). The van der Waals surface area contributed by atoms with E-state index in [1.807, 2.05) is 43.3 Å². The molecule has 0 amide bonds. The molecule has 0 unspecified atom stereocenters. The van der Waals surface area contributed by atoms with Crippen LogP contribution >= 0.6 is 0 Å². The number of aromatic hydroxyl groups is 3. The minimum absolute atomic E-state index is 0.329. The summed E-state index contributed by atoms with van der Waals surface area (Å²) in [4.78, 5) is 0. The van der Waals surface area contributed by atoms with Crippen LogP contribution in [0.2, 0.25) is 0 Å². The molecule has 3 heteroatoms. The molecule has 0 aliphatic heterocycles. The molecule has 3 nitrogen and oxygen atoms in total. The molecule has 3 aromatic rings. The number of phenolic OH excluding ortho intramolecular Hbond substituents is 3. The summed E-state index contributed by atoms with van der Waals surface area (Å²) in [7, 11) is 0. The first-order chi connectivity index (χ1) is 16.5. The average Bonchev–Trinajstić information content (AvgIpc) is 2.88. The fourth-order valence-corrected chi connectivity index (χ4v) is 5.04. The van der Waals surface area contributed by atoms with E-state index in [9.17, 15) is 10.2 Å². The van der Waals surface area contributed by atoms with Gasteiger partial charge in [0.2, 0.25) is 0 Å². The fourth-order valence-electron chi connectivity index (χ4n) is 5.04. The minimum Gasteiger partial charge on any atom is -0.508 e. The van der Waals surface area contributed by atoms with Gasteiger partial charge >= 0.3 is 0 Å². The third-order valence-corrected chi connectivity index (χ3v) is 7.00. The smallest absolute Gasteiger partial charge is 0.119 e. The second-order valence-electron chi connectivity index (χ2n) is 9.62. The lowest BCUT2D eigenvalue weighted by Gasteiger charge is -2.22. The monoisotopic (exact) mass is 460 g/mol. The van der Waals surface area contributed by atoms with Crippen LogP contribution in [0.4, 0.5) is 0 Å². The highest BCUT2D eigenvalue weighted by atomic mass is 16.3. The summed E-state index contributed by atoms with van der Waals surface area (Å²) >= 11 is 0. The molecule has 3 aromatic carbocycles. The van der Waals surface area contributed by atoms with Crippen LogP contribution in [-0.2, 0) is 0 Å². The normalized spacial score (nSPS) is 16.5. The van der Waals surface area contributed by atoms with Crippen molar-refractivity contribution in [2.75, 3.05) is 0 Å². The van der Waals surface area contributed by atoms with Gasteiger partial charge in [-0.25, -0.2) is 0 Å². The van der Waals surface area contributed by atoms with Crippen LogP contribution < -0.4 is 0 Å². The van der Waals surface area contributed by atoms with Gasteiger partial charge in [0, 0.05) is 0 Å². The predicted octanol–water partition coefficient (Wildman–Crippen LogP) is 8.58. The third kappa shape index (κ3) is 8.13. The Bertz CT molecular complexity index is 887. The highest BCUT2D eigenvalue weighted by molar-refractivity contribution is 5.35. The molecule has 182 valence electrons. The average molecular weight is 461 g/mol. The van der Waals surface area contributed by atoms with E-state index in [-0.39, 0.29) is 0 Å². The Hall–Kier alpha value is -2.94. The Kier molecular flexibility index (Phi) is 10.3. The van der Waals surface area contributed by atoms with E-state index >= 15 is 0 Å². The first-order valence-corrected chi connectivity index (χ1v) is 12.9. The molecule has 0 aromatic heterocycles. The molecule has 0 heterocycles. The topological polar surface area (TPSA) is 60.7 Å². The molecule has 2 fully saturated rings. The van der Waals surface area contributed by atoms with Gasteiger partial charge in [0.1, 0.15) is 17.2 Å². The van der Waals surface area contributed by atoms with Crippen LogP contribution in [0.15, 0.2) is 72.8 Å². The zero-order valence-electron chi connectivity index (χ0n) is 20.5. The van der Waals surface area contributed by atoms with Crippen molar-refractivity contribution in [1.29, 1.82) is 0 Å². The van der Waals surface area contributed by atoms with E-state index in [0.717, 1.165) is 11.1 Å². The van der Waals surface area contributed by atoms with Gasteiger partial charge in [-0.1, -0.05) is 92.6 Å². The van der Waals surface area contributed by atoms with Gasteiger partial charge in [0.15, 0.2) is 0 Å². The molecule has 0 atom stereocenters. The molecule has 0 spiro atoms. The maximum Gasteiger partial charge on any atom is 0.119 e. The van der Waals surface area contributed by atoms with E-state index < -0.39 is 0 Å². The third-order valence-electron chi connectivity index (χ3n) is 7.00. The number of para-hydroxylation sites is 2. The van der Waals surface area contributed by atoms with Crippen molar-refractivity contribution in [3.63, 3.8) is 0 Å². The minimum atomic E-state index is 0.329. The Balaban J connectivity index is 0.000000148. The van der Waals surface area contributed by atoms with Gasteiger partial charge in [-0.3, -0.25) is 0 Å². The molecule has 34 heavy (non-hydrogen) atoms. The standard InChI is InChI=1S/2C12H16O.C7H8O/c2*13-12-9-5-4-8-11(12)10-6-2-1-3-7-10;1-6-2-4-7(8)5-3-6/h2*4-5,8-10,13H,1-3,6-7H2;2-5,8H,1H3. The zero-order valence-corrected chi connectivity index (χ0v) is 20.5. The number of hydrogen-bond acceptors (Lipinski definition) is 3. The van der Waals surface area contributed by atoms with Gasteiger partial charge in [-0.15, -0.1) is 0 Å². The highest BCUT2D eigenvalue weighted by Crippen LogP contribution is 2.37. The van der Waals surface area contributed by atoms with Crippen molar-refractivity contribution >= 4 is 0 Å². The SMILES string of the molecule is Cc1ccc(O)cc1.Oc1ccccc1C1CCCCC1.Oc1ccccc1C1CCCCC1. The number of phenols is 3. The molecular weight excluding hydrogens is 420 g/mol. The number of aryl methyl sites for hydroxylation is 1. The fraction of sp³-hybridized carbons (Fsp3) is 0.419. The summed E-state index contributed by atoms with van der Waals surface area (Å²) in [6.07, 6.45) is 13.0. The summed E-state index contributed by atoms with van der Waals surface area (Å²) in [5, 5.41) is 28.1. The molecule has 2 aliphatic rings. The summed E-state index contributed by atoms with van der Waals surface area (Å²) in [6.45, 7) is 1.99. The molecular formula is C31H40O3. The van der Waals surface area contributed by atoms with Crippen molar-refractivity contribution in [1.82, 2.24) is 0 Å². The second kappa shape index (κ2) is 13.7. The van der Waals surface area contributed by atoms with Crippen LogP contribution in [0, 0.1) is 6.92 Å². The maximum absolute atomic E-state index is 9.66. The van der Waals surface area contributed by atoms with Gasteiger partial charge in [0.25, 0.3) is 0 Å². The summed E-state index contributed by atoms with van der Waals surface area (Å²) in [6, 6.07) is 22.6. The zero-order chi connectivity index (χ0) is 24.2. The van der Waals surface area contributed by atoms with Crippen molar-refractivity contribution < 1.29 is 15.3 Å². The molecule has 0 bridgehead atoms. The van der Waals surface area contributed by atoms with Crippen LogP contribution in [0.1, 0.15) is 92.7 Å². The molecule has 0 radical (unpaired) electrons. The number of hydrogen-bond donors (Lipinski definition) is 3. The highest BCUT2D eigenvalue weighted by Gasteiger charge is 2.18. The molecule has 2 aliphatic carbocycles. The van der Waals surface area contributed by atoms with Gasteiger partial charge in [0.05, 0.1) is 0 Å². The summed E-state index contributed by atoms with van der Waals surface area (Å²) < 4.78 is 0. The lowest BCUT2D eigenvalue weighted by molar-refractivity contribution is 0.414. The van der Waals surface area contributed by atoms with Crippen LogP contribution in [0.5, 0.6) is 17.2 Å². The Morgan fingerprint density at radius 3 is 1.24 bits per heavy atom. The lowest BCUT2D eigenvalue weighted by Crippen LogP contribution is -2.04. The number of rotatable bonds is 2. The van der Waals surface area contributed by atoms with Crippen molar-refractivity contribution in [3.8, 4) is 17.2 Å². The van der Waals surface area contributed by atoms with Crippen LogP contribution in [-0.4, -0.2) is 15.3 Å². The van der Waals surface area contributed by atoms with Crippen LogP contribution in [0.25, 0.3) is 0 Å². The Labute approximate surface area is 205 Å². The van der Waals surface area contributed by atoms with E-state index in [0.29, 0.717) is 29.1 Å².